The Labute approximate surface area is 195 Å². The number of fused-ring (bicyclic) bond motifs is 1. The van der Waals surface area contributed by atoms with Crippen LogP contribution >= 0.6 is 11.8 Å². The second kappa shape index (κ2) is 8.35. The Morgan fingerprint density at radius 2 is 1.30 bits per heavy atom. The van der Waals surface area contributed by atoms with E-state index in [0.29, 0.717) is 16.0 Å². The van der Waals surface area contributed by atoms with Crippen molar-refractivity contribution >= 4 is 38.3 Å². The number of benzene rings is 3. The minimum atomic E-state index is -4.03. The highest BCUT2D eigenvalue weighted by atomic mass is 32.2. The van der Waals surface area contributed by atoms with Crippen LogP contribution in [0.25, 0.3) is 16.0 Å². The van der Waals surface area contributed by atoms with E-state index in [1.165, 1.54) is 36.2 Å². The lowest BCUT2D eigenvalue weighted by atomic mass is 9.94. The Balaban J connectivity index is 1.80. The molecule has 1 aromatic heterocycles. The Morgan fingerprint density at radius 1 is 0.727 bits per heavy atom. The van der Waals surface area contributed by atoms with Crippen LogP contribution in [0.4, 0.5) is 0 Å². The molecule has 0 radical (unpaired) electrons. The molecule has 0 bridgehead atoms. The monoisotopic (exact) mass is 471 g/mol. The second-order valence-corrected chi connectivity index (χ2v) is 10.3. The van der Waals surface area contributed by atoms with Crippen LogP contribution in [-0.2, 0) is 14.8 Å². The number of hydrogen-bond donors (Lipinski definition) is 0. The van der Waals surface area contributed by atoms with E-state index in [1.807, 2.05) is 36.4 Å². The average Bonchev–Trinajstić information content (AvgIpc) is 3.26. The summed E-state index contributed by atoms with van der Waals surface area (Å²) in [5, 5.41) is 0. The van der Waals surface area contributed by atoms with Gasteiger partial charge in [-0.3, -0.25) is 9.59 Å². The van der Waals surface area contributed by atoms with Gasteiger partial charge in [0, 0.05) is 27.6 Å². The van der Waals surface area contributed by atoms with Gasteiger partial charge in [0.2, 0.25) is 11.6 Å². The maximum atomic E-state index is 13.7. The highest BCUT2D eigenvalue weighted by Crippen LogP contribution is 2.43. The van der Waals surface area contributed by atoms with E-state index in [-0.39, 0.29) is 16.2 Å². The van der Waals surface area contributed by atoms with E-state index >= 15 is 0 Å². The molecular formula is C26H17NO4S2. The largest absolute Gasteiger partial charge is 0.286 e. The number of allylic oxidation sites excluding steroid dienone is 1. The number of nitrogens with zero attached hydrogens (tertiary/aromatic N) is 1. The summed E-state index contributed by atoms with van der Waals surface area (Å²) in [5.74, 6) is -1.39. The van der Waals surface area contributed by atoms with Gasteiger partial charge >= 0.3 is 0 Å². The van der Waals surface area contributed by atoms with Gasteiger partial charge in [-0.05, 0) is 29.8 Å². The van der Waals surface area contributed by atoms with Crippen molar-refractivity contribution in [3.8, 4) is 11.1 Å². The molecule has 162 valence electrons. The molecule has 5 rings (SSSR count). The molecule has 4 aromatic rings. The lowest BCUT2D eigenvalue weighted by molar-refractivity contribution is -0.110. The maximum absolute atomic E-state index is 13.7. The van der Waals surface area contributed by atoms with Gasteiger partial charge in [-0.25, -0.2) is 12.4 Å². The van der Waals surface area contributed by atoms with Crippen LogP contribution in [0, 0.1) is 0 Å². The molecule has 0 saturated carbocycles. The smallest absolute Gasteiger partial charge is 0.268 e. The maximum Gasteiger partial charge on any atom is 0.268 e. The minimum Gasteiger partial charge on any atom is -0.286 e. The van der Waals surface area contributed by atoms with Crippen LogP contribution in [0.2, 0.25) is 0 Å². The zero-order chi connectivity index (χ0) is 23.0. The van der Waals surface area contributed by atoms with E-state index in [0.717, 1.165) is 8.87 Å². The van der Waals surface area contributed by atoms with Crippen molar-refractivity contribution < 1.29 is 18.0 Å². The predicted molar refractivity (Wildman–Crippen MR) is 129 cm³/mol. The zero-order valence-electron chi connectivity index (χ0n) is 17.2. The Bertz CT molecular complexity index is 1500. The molecule has 7 heteroatoms. The summed E-state index contributed by atoms with van der Waals surface area (Å²) in [7, 11) is -4.03. The van der Waals surface area contributed by atoms with Crippen molar-refractivity contribution in [1.29, 1.82) is 0 Å². The number of carbonyl (C=O) groups excluding carboxylic acids is 2. The number of Topliss-reactive ketones (excluding diaryl/α,β-unsaturated/α-hetero) is 1. The van der Waals surface area contributed by atoms with Gasteiger partial charge < -0.3 is 0 Å². The van der Waals surface area contributed by atoms with Gasteiger partial charge in [-0.15, -0.1) is 0 Å². The van der Waals surface area contributed by atoms with E-state index in [1.54, 1.807) is 42.5 Å². The number of rotatable bonds is 5. The molecule has 0 atom stereocenters. The molecule has 0 fully saturated rings. The van der Waals surface area contributed by atoms with Crippen LogP contribution < -0.4 is 0 Å². The van der Waals surface area contributed by atoms with E-state index in [9.17, 15) is 18.0 Å². The standard InChI is InChI=1S/C26H17NO4S2/c28-22-16-23(32-19-12-6-2-7-13-19)25-24(26(22)29)21(18-10-4-1-5-11-18)17-27(25)33(30,31)20-14-8-3-9-15-20/h1-17H. The summed E-state index contributed by atoms with van der Waals surface area (Å²) >= 11 is 1.25. The van der Waals surface area contributed by atoms with Gasteiger partial charge in [0.15, 0.2) is 0 Å². The van der Waals surface area contributed by atoms with Crippen molar-refractivity contribution in [1.82, 2.24) is 3.97 Å². The highest BCUT2D eigenvalue weighted by molar-refractivity contribution is 8.08. The first-order valence-corrected chi connectivity index (χ1v) is 12.4. The Morgan fingerprint density at radius 3 is 1.94 bits per heavy atom. The second-order valence-electron chi connectivity index (χ2n) is 7.36. The number of ketones is 2. The minimum absolute atomic E-state index is 0.0934. The third-order valence-electron chi connectivity index (χ3n) is 5.28. The molecule has 0 unspecified atom stereocenters. The molecule has 33 heavy (non-hydrogen) atoms. The van der Waals surface area contributed by atoms with Gasteiger partial charge in [0.25, 0.3) is 10.0 Å². The van der Waals surface area contributed by atoms with E-state index in [2.05, 4.69) is 0 Å². The Kier molecular flexibility index (Phi) is 5.36. The van der Waals surface area contributed by atoms with Crippen LogP contribution in [0.1, 0.15) is 16.1 Å². The van der Waals surface area contributed by atoms with Gasteiger partial charge in [-0.1, -0.05) is 78.5 Å². The normalized spacial score (nSPS) is 13.5. The van der Waals surface area contributed by atoms with Gasteiger partial charge in [0.1, 0.15) is 0 Å². The quantitative estimate of drug-likeness (QED) is 0.370. The summed E-state index contributed by atoms with van der Waals surface area (Å²) < 4.78 is 28.5. The number of carbonyl (C=O) groups is 2. The molecule has 0 saturated heterocycles. The molecule has 5 nitrogen and oxygen atoms in total. The summed E-state index contributed by atoms with van der Waals surface area (Å²) in [4.78, 5) is 27.1. The van der Waals surface area contributed by atoms with Crippen molar-refractivity contribution in [3.05, 3.63) is 115 Å². The SMILES string of the molecule is O=C1C=C(Sc2ccccc2)c2c(c(-c3ccccc3)cn2S(=O)(=O)c2ccccc2)C1=O. The fourth-order valence-corrected chi connectivity index (χ4v) is 6.22. The van der Waals surface area contributed by atoms with E-state index in [4.69, 9.17) is 0 Å². The van der Waals surface area contributed by atoms with Crippen molar-refractivity contribution in [2.75, 3.05) is 0 Å². The summed E-state index contributed by atoms with van der Waals surface area (Å²) in [5.41, 5.74) is 1.37. The van der Waals surface area contributed by atoms with Gasteiger partial charge in [-0.2, -0.15) is 0 Å². The predicted octanol–water partition coefficient (Wildman–Crippen LogP) is 5.29. The van der Waals surface area contributed by atoms with Crippen molar-refractivity contribution in [3.63, 3.8) is 0 Å². The van der Waals surface area contributed by atoms with E-state index < -0.39 is 21.6 Å². The molecule has 1 aliphatic carbocycles. The number of aromatic nitrogens is 1. The third-order valence-corrected chi connectivity index (χ3v) is 7.99. The summed E-state index contributed by atoms with van der Waals surface area (Å²) in [6, 6.07) is 26.4. The fraction of sp³-hybridized carbons (Fsp3) is 0. The molecule has 1 heterocycles. The third kappa shape index (κ3) is 3.75. The molecule has 0 N–H and O–H groups in total. The topological polar surface area (TPSA) is 73.2 Å². The molecular weight excluding hydrogens is 454 g/mol. The Hall–Kier alpha value is -3.68. The zero-order valence-corrected chi connectivity index (χ0v) is 18.8. The lowest BCUT2D eigenvalue weighted by Gasteiger charge is -2.17. The lowest BCUT2D eigenvalue weighted by Crippen LogP contribution is -2.22. The summed E-state index contributed by atoms with van der Waals surface area (Å²) in [6.45, 7) is 0. The van der Waals surface area contributed by atoms with Crippen LogP contribution in [-0.4, -0.2) is 24.0 Å². The van der Waals surface area contributed by atoms with Gasteiger partial charge in [0.05, 0.1) is 16.2 Å². The fourth-order valence-electron chi connectivity index (χ4n) is 3.75. The number of thioether (sulfide) groups is 1. The molecule has 0 aliphatic heterocycles. The highest BCUT2D eigenvalue weighted by Gasteiger charge is 2.36. The van der Waals surface area contributed by atoms with Crippen LogP contribution in [0.5, 0.6) is 0 Å². The van der Waals surface area contributed by atoms with Crippen LogP contribution in [0.15, 0.2) is 113 Å². The molecule has 0 spiro atoms. The first-order valence-electron chi connectivity index (χ1n) is 10.1. The average molecular weight is 472 g/mol. The molecule has 3 aromatic carbocycles. The first-order chi connectivity index (χ1) is 16.0. The van der Waals surface area contributed by atoms with Crippen LogP contribution in [0.3, 0.4) is 0 Å². The summed E-state index contributed by atoms with van der Waals surface area (Å²) in [6.07, 6.45) is 2.67. The molecule has 1 aliphatic rings. The van der Waals surface area contributed by atoms with Crippen molar-refractivity contribution in [2.45, 2.75) is 9.79 Å². The first kappa shape index (κ1) is 21.2. The van der Waals surface area contributed by atoms with Crippen molar-refractivity contribution in [2.24, 2.45) is 0 Å². The number of hydrogen-bond acceptors (Lipinski definition) is 5. The molecule has 0 amide bonds.